The van der Waals surface area contributed by atoms with E-state index < -0.39 is 5.60 Å². The summed E-state index contributed by atoms with van der Waals surface area (Å²) in [5, 5.41) is 11.0. The number of benzene rings is 1. The lowest BCUT2D eigenvalue weighted by Crippen LogP contribution is -2.38. The Morgan fingerprint density at radius 3 is 2.89 bits per heavy atom. The minimum atomic E-state index is -0.682. The van der Waals surface area contributed by atoms with Gasteiger partial charge in [0.2, 0.25) is 0 Å². The number of hydrogen-bond acceptors (Lipinski definition) is 2. The Balaban J connectivity index is 1.83. The third-order valence-electron chi connectivity index (χ3n) is 4.89. The van der Waals surface area contributed by atoms with Crippen LogP contribution in [0.25, 0.3) is 0 Å². The second-order valence-electron chi connectivity index (χ2n) is 6.14. The molecule has 0 aromatic heterocycles. The van der Waals surface area contributed by atoms with Crippen LogP contribution in [0.1, 0.15) is 62.5 Å². The summed E-state index contributed by atoms with van der Waals surface area (Å²) in [6.45, 7) is 2.80. The van der Waals surface area contributed by atoms with Crippen LogP contribution in [0.3, 0.4) is 0 Å². The molecule has 2 atom stereocenters. The van der Waals surface area contributed by atoms with E-state index in [9.17, 15) is 5.11 Å². The van der Waals surface area contributed by atoms with Gasteiger partial charge in [-0.3, -0.25) is 0 Å². The molecule has 0 radical (unpaired) electrons. The fourth-order valence-electron chi connectivity index (χ4n) is 3.28. The van der Waals surface area contributed by atoms with Crippen molar-refractivity contribution in [3.8, 4) is 0 Å². The van der Waals surface area contributed by atoms with E-state index in [1.54, 1.807) is 0 Å². The monoisotopic (exact) mass is 260 g/mol. The van der Waals surface area contributed by atoms with Crippen molar-refractivity contribution in [1.29, 1.82) is 0 Å². The van der Waals surface area contributed by atoms with Gasteiger partial charge in [-0.1, -0.05) is 37.6 Å². The zero-order valence-electron chi connectivity index (χ0n) is 11.8. The lowest BCUT2D eigenvalue weighted by atomic mass is 9.77. The first kappa shape index (κ1) is 13.1. The molecule has 1 aliphatic heterocycles. The summed E-state index contributed by atoms with van der Waals surface area (Å²) in [4.78, 5) is 0. The summed E-state index contributed by atoms with van der Waals surface area (Å²) in [5.41, 5.74) is 1.83. The van der Waals surface area contributed by atoms with Crippen LogP contribution >= 0.6 is 0 Å². The Labute approximate surface area is 115 Å². The molecule has 2 heteroatoms. The van der Waals surface area contributed by atoms with Crippen molar-refractivity contribution in [3.63, 3.8) is 0 Å². The van der Waals surface area contributed by atoms with Gasteiger partial charge in [-0.25, -0.2) is 0 Å². The Bertz CT molecular complexity index is 439. The summed E-state index contributed by atoms with van der Waals surface area (Å²) in [6, 6.07) is 8.65. The smallest absolute Gasteiger partial charge is 0.0943 e. The highest BCUT2D eigenvalue weighted by atomic mass is 16.5. The van der Waals surface area contributed by atoms with E-state index >= 15 is 0 Å². The lowest BCUT2D eigenvalue weighted by Gasteiger charge is -2.37. The zero-order valence-corrected chi connectivity index (χ0v) is 11.8. The molecule has 2 nitrogen and oxygen atoms in total. The topological polar surface area (TPSA) is 29.5 Å². The summed E-state index contributed by atoms with van der Waals surface area (Å²) < 4.78 is 5.69. The van der Waals surface area contributed by atoms with E-state index in [0.717, 1.165) is 30.7 Å². The van der Waals surface area contributed by atoms with Crippen LogP contribution in [0.2, 0.25) is 0 Å². The van der Waals surface area contributed by atoms with Crippen LogP contribution < -0.4 is 0 Å². The largest absolute Gasteiger partial charge is 0.385 e. The average molecular weight is 260 g/mol. The second kappa shape index (κ2) is 5.26. The Hall–Kier alpha value is -0.860. The fraction of sp³-hybridized carbons (Fsp3) is 0.647. The maximum atomic E-state index is 11.0. The van der Waals surface area contributed by atoms with E-state index in [-0.39, 0.29) is 6.10 Å². The van der Waals surface area contributed by atoms with E-state index in [4.69, 9.17) is 4.74 Å². The molecule has 1 aromatic rings. The first-order chi connectivity index (χ1) is 9.21. The van der Waals surface area contributed by atoms with Crippen molar-refractivity contribution >= 4 is 0 Å². The molecule has 104 valence electrons. The Morgan fingerprint density at radius 2 is 2.21 bits per heavy atom. The van der Waals surface area contributed by atoms with E-state index in [1.807, 2.05) is 0 Å². The highest BCUT2D eigenvalue weighted by Crippen LogP contribution is 2.40. The van der Waals surface area contributed by atoms with E-state index in [0.29, 0.717) is 6.61 Å². The molecular formula is C17H24O2. The minimum Gasteiger partial charge on any atom is -0.385 e. The lowest BCUT2D eigenvalue weighted by molar-refractivity contribution is -0.108. The quantitative estimate of drug-likeness (QED) is 0.897. The van der Waals surface area contributed by atoms with Crippen molar-refractivity contribution in [2.24, 2.45) is 0 Å². The van der Waals surface area contributed by atoms with Crippen molar-refractivity contribution in [3.05, 3.63) is 35.4 Å². The average Bonchev–Trinajstić information content (AvgIpc) is 2.37. The third-order valence-corrected chi connectivity index (χ3v) is 4.89. The fourth-order valence-corrected chi connectivity index (χ4v) is 3.28. The Kier molecular flexibility index (Phi) is 3.64. The summed E-state index contributed by atoms with van der Waals surface area (Å²) >= 11 is 0. The molecule has 0 spiro atoms. The molecule has 0 amide bonds. The normalized spacial score (nSPS) is 32.0. The van der Waals surface area contributed by atoms with Gasteiger partial charge in [0.25, 0.3) is 0 Å². The van der Waals surface area contributed by atoms with Gasteiger partial charge >= 0.3 is 0 Å². The molecule has 1 heterocycles. The van der Waals surface area contributed by atoms with Crippen LogP contribution in [0, 0.1) is 0 Å². The number of aliphatic hydroxyl groups is 1. The molecule has 19 heavy (non-hydrogen) atoms. The maximum absolute atomic E-state index is 11.0. The van der Waals surface area contributed by atoms with Gasteiger partial charge in [0.1, 0.15) is 0 Å². The van der Waals surface area contributed by atoms with Gasteiger partial charge < -0.3 is 9.84 Å². The number of hydrogen-bond donors (Lipinski definition) is 1. The highest BCUT2D eigenvalue weighted by Gasteiger charge is 2.36. The van der Waals surface area contributed by atoms with Crippen molar-refractivity contribution < 1.29 is 9.84 Å². The van der Waals surface area contributed by atoms with E-state index in [1.165, 1.54) is 24.8 Å². The summed E-state index contributed by atoms with van der Waals surface area (Å²) in [5.74, 6) is 0.727. The zero-order chi connectivity index (χ0) is 13.3. The number of ether oxygens (including phenoxy) is 1. The van der Waals surface area contributed by atoms with Gasteiger partial charge in [-0.05, 0) is 36.3 Å². The van der Waals surface area contributed by atoms with Gasteiger partial charge in [0, 0.05) is 12.8 Å². The molecule has 3 rings (SSSR count). The molecule has 2 aliphatic rings. The first-order valence-electron chi connectivity index (χ1n) is 7.66. The molecule has 0 bridgehead atoms. The van der Waals surface area contributed by atoms with Gasteiger partial charge in [-0.2, -0.15) is 0 Å². The third kappa shape index (κ3) is 2.56. The molecule has 1 aliphatic carbocycles. The predicted molar refractivity (Wildman–Crippen MR) is 76.2 cm³/mol. The molecule has 2 unspecified atom stereocenters. The molecule has 1 saturated carbocycles. The number of rotatable bonds is 3. The molecular weight excluding hydrogens is 236 g/mol. The first-order valence-corrected chi connectivity index (χ1v) is 7.66. The Morgan fingerprint density at radius 1 is 1.37 bits per heavy atom. The maximum Gasteiger partial charge on any atom is 0.0943 e. The highest BCUT2D eigenvalue weighted by molar-refractivity contribution is 5.31. The van der Waals surface area contributed by atoms with Gasteiger partial charge in [-0.15, -0.1) is 0 Å². The van der Waals surface area contributed by atoms with Crippen LogP contribution in [0.15, 0.2) is 24.3 Å². The van der Waals surface area contributed by atoms with Crippen molar-refractivity contribution in [1.82, 2.24) is 0 Å². The standard InChI is InChI=1S/C17H24O2/c1-2-16-12-17(18,9-10-19-16)15-8-4-7-14(11-15)13-5-3-6-13/h4,7-8,11,13,16,18H,2-3,5-6,9-10,12H2,1H3. The summed E-state index contributed by atoms with van der Waals surface area (Å²) in [7, 11) is 0. The van der Waals surface area contributed by atoms with Crippen LogP contribution in [-0.4, -0.2) is 17.8 Å². The van der Waals surface area contributed by atoms with Crippen molar-refractivity contribution in [2.75, 3.05) is 6.61 Å². The predicted octanol–water partition coefficient (Wildman–Crippen LogP) is 3.73. The van der Waals surface area contributed by atoms with Crippen LogP contribution in [-0.2, 0) is 10.3 Å². The minimum absolute atomic E-state index is 0.200. The van der Waals surface area contributed by atoms with Crippen molar-refractivity contribution in [2.45, 2.75) is 63.1 Å². The van der Waals surface area contributed by atoms with Crippen LogP contribution in [0.4, 0.5) is 0 Å². The van der Waals surface area contributed by atoms with Gasteiger partial charge in [0.15, 0.2) is 0 Å². The molecule has 1 N–H and O–H groups in total. The van der Waals surface area contributed by atoms with Crippen LogP contribution in [0.5, 0.6) is 0 Å². The molecule has 2 fully saturated rings. The summed E-state index contributed by atoms with van der Waals surface area (Å²) in [6.07, 6.45) is 6.60. The van der Waals surface area contributed by atoms with Gasteiger partial charge in [0.05, 0.1) is 18.3 Å². The molecule has 1 aromatic carbocycles. The second-order valence-corrected chi connectivity index (χ2v) is 6.14. The molecule has 1 saturated heterocycles. The van der Waals surface area contributed by atoms with E-state index in [2.05, 4.69) is 31.2 Å². The SMILES string of the molecule is CCC1CC(O)(c2cccc(C3CCC3)c2)CCO1.